The third-order valence-electron chi connectivity index (χ3n) is 4.10. The Morgan fingerprint density at radius 2 is 1.88 bits per heavy atom. The lowest BCUT2D eigenvalue weighted by molar-refractivity contribution is 0.0921. The Morgan fingerprint density at radius 1 is 1.16 bits per heavy atom. The van der Waals surface area contributed by atoms with Crippen LogP contribution in [-0.4, -0.2) is 12.4 Å². The second-order valence-corrected chi connectivity index (χ2v) is 6.16. The van der Waals surface area contributed by atoms with Crippen molar-refractivity contribution in [3.8, 4) is 5.75 Å². The van der Waals surface area contributed by atoms with Crippen LogP contribution in [0.2, 0.25) is 5.02 Å². The van der Waals surface area contributed by atoms with Gasteiger partial charge in [0.2, 0.25) is 0 Å². The molecule has 0 aliphatic carbocycles. The van der Waals surface area contributed by atoms with Crippen LogP contribution < -0.4 is 10.4 Å². The molecule has 3 rings (SSSR count). The quantitative estimate of drug-likeness (QED) is 0.496. The molecule has 0 unspecified atom stereocenters. The number of halogens is 1. The first kappa shape index (κ1) is 17.2. The van der Waals surface area contributed by atoms with Gasteiger partial charge in [0, 0.05) is 27.6 Å². The summed E-state index contributed by atoms with van der Waals surface area (Å²) in [6.07, 6.45) is 0.733. The van der Waals surface area contributed by atoms with Gasteiger partial charge in [-0.15, -0.1) is 0 Å². The van der Waals surface area contributed by atoms with Gasteiger partial charge in [0.1, 0.15) is 11.3 Å². The number of fused-ring (bicyclic) bond motifs is 1. The van der Waals surface area contributed by atoms with Gasteiger partial charge in [-0.3, -0.25) is 4.79 Å². The van der Waals surface area contributed by atoms with E-state index in [1.807, 2.05) is 19.9 Å². The maximum absolute atomic E-state index is 12.2. The Hall–Kier alpha value is -2.59. The molecule has 0 radical (unpaired) electrons. The molecule has 0 amide bonds. The number of hydrogen-bond donors (Lipinski definition) is 0. The molecular formula is C20H17ClO4. The monoisotopic (exact) mass is 356 g/mol. The zero-order valence-corrected chi connectivity index (χ0v) is 14.7. The molecule has 3 aromatic rings. The van der Waals surface area contributed by atoms with Crippen LogP contribution in [0.1, 0.15) is 28.4 Å². The van der Waals surface area contributed by atoms with Crippen LogP contribution in [0.5, 0.6) is 5.75 Å². The van der Waals surface area contributed by atoms with Gasteiger partial charge in [-0.05, 0) is 55.3 Å². The van der Waals surface area contributed by atoms with Crippen molar-refractivity contribution in [3.05, 3.63) is 74.6 Å². The number of ether oxygens (including phenoxy) is 1. The average molecular weight is 357 g/mol. The van der Waals surface area contributed by atoms with Gasteiger partial charge in [0.05, 0.1) is 0 Å². The van der Waals surface area contributed by atoms with E-state index < -0.39 is 0 Å². The predicted octanol–water partition coefficient (Wildman–Crippen LogP) is 4.58. The van der Waals surface area contributed by atoms with Crippen LogP contribution in [0.4, 0.5) is 0 Å². The van der Waals surface area contributed by atoms with Gasteiger partial charge >= 0.3 is 5.63 Å². The van der Waals surface area contributed by atoms with E-state index in [0.29, 0.717) is 27.5 Å². The fraction of sp³-hybridized carbons (Fsp3) is 0.200. The maximum atomic E-state index is 12.2. The van der Waals surface area contributed by atoms with E-state index >= 15 is 0 Å². The number of carbonyl (C=O) groups excluding carboxylic acids is 1. The first-order valence-electron chi connectivity index (χ1n) is 7.97. The Bertz CT molecular complexity index is 987. The zero-order chi connectivity index (χ0) is 18.0. The molecule has 0 fully saturated rings. The summed E-state index contributed by atoms with van der Waals surface area (Å²) in [5.74, 6) is 0.367. The van der Waals surface area contributed by atoms with Crippen molar-refractivity contribution < 1.29 is 13.9 Å². The molecule has 4 nitrogen and oxygen atoms in total. The Labute approximate surface area is 150 Å². The van der Waals surface area contributed by atoms with E-state index in [2.05, 4.69) is 0 Å². The molecule has 1 aromatic heterocycles. The van der Waals surface area contributed by atoms with Gasteiger partial charge in [0.15, 0.2) is 12.4 Å². The highest BCUT2D eigenvalue weighted by atomic mass is 35.5. The lowest BCUT2D eigenvalue weighted by atomic mass is 10.0. The summed E-state index contributed by atoms with van der Waals surface area (Å²) in [4.78, 5) is 24.0. The highest BCUT2D eigenvalue weighted by Crippen LogP contribution is 2.28. The van der Waals surface area contributed by atoms with E-state index in [1.165, 1.54) is 6.07 Å². The van der Waals surface area contributed by atoms with Crippen LogP contribution in [0, 0.1) is 6.92 Å². The molecule has 0 bridgehead atoms. The molecule has 0 aliphatic rings. The molecule has 0 saturated carbocycles. The molecule has 0 saturated heterocycles. The summed E-state index contributed by atoms with van der Waals surface area (Å²) >= 11 is 5.82. The SMILES string of the molecule is CCc1cc(=O)oc2c(C)c(OCC(=O)c3ccc(Cl)cc3)ccc12. The van der Waals surface area contributed by atoms with Gasteiger partial charge in [-0.2, -0.15) is 0 Å². The largest absolute Gasteiger partial charge is 0.485 e. The summed E-state index contributed by atoms with van der Waals surface area (Å²) in [6, 6.07) is 11.8. The number of benzene rings is 2. The van der Waals surface area contributed by atoms with Crippen LogP contribution >= 0.6 is 11.6 Å². The van der Waals surface area contributed by atoms with Crippen molar-refractivity contribution >= 4 is 28.4 Å². The van der Waals surface area contributed by atoms with Crippen molar-refractivity contribution in [2.75, 3.05) is 6.61 Å². The topological polar surface area (TPSA) is 56.5 Å². The van der Waals surface area contributed by atoms with Crippen molar-refractivity contribution in [2.45, 2.75) is 20.3 Å². The summed E-state index contributed by atoms with van der Waals surface area (Å²) in [6.45, 7) is 3.69. The van der Waals surface area contributed by atoms with E-state index in [9.17, 15) is 9.59 Å². The molecule has 1 heterocycles. The number of rotatable bonds is 5. The molecule has 25 heavy (non-hydrogen) atoms. The Balaban J connectivity index is 1.87. The molecule has 0 atom stereocenters. The molecule has 0 spiro atoms. The van der Waals surface area contributed by atoms with Crippen LogP contribution in [-0.2, 0) is 6.42 Å². The molecule has 2 aromatic carbocycles. The van der Waals surface area contributed by atoms with E-state index in [-0.39, 0.29) is 18.0 Å². The third kappa shape index (κ3) is 3.59. The summed E-state index contributed by atoms with van der Waals surface area (Å²) < 4.78 is 11.0. The highest BCUT2D eigenvalue weighted by Gasteiger charge is 2.13. The van der Waals surface area contributed by atoms with Crippen LogP contribution in [0.25, 0.3) is 11.0 Å². The Kier molecular flexibility index (Phi) is 4.91. The van der Waals surface area contributed by atoms with Gasteiger partial charge in [0.25, 0.3) is 0 Å². The van der Waals surface area contributed by atoms with Crippen molar-refractivity contribution in [3.63, 3.8) is 0 Å². The van der Waals surface area contributed by atoms with Crippen molar-refractivity contribution in [1.82, 2.24) is 0 Å². The van der Waals surface area contributed by atoms with Crippen LogP contribution in [0.3, 0.4) is 0 Å². The fourth-order valence-corrected chi connectivity index (χ4v) is 2.85. The second-order valence-electron chi connectivity index (χ2n) is 5.73. The van der Waals surface area contributed by atoms with Crippen LogP contribution in [0.15, 0.2) is 51.7 Å². The van der Waals surface area contributed by atoms with Crippen molar-refractivity contribution in [1.29, 1.82) is 0 Å². The molecule has 0 N–H and O–H groups in total. The molecular weight excluding hydrogens is 340 g/mol. The number of ketones is 1. The lowest BCUT2D eigenvalue weighted by Gasteiger charge is -2.11. The smallest absolute Gasteiger partial charge is 0.336 e. The normalized spacial score (nSPS) is 10.8. The fourth-order valence-electron chi connectivity index (χ4n) is 2.72. The minimum atomic E-state index is -0.387. The molecule has 5 heteroatoms. The number of Topliss-reactive ketones (excluding diaryl/α,β-unsaturated/α-hetero) is 1. The summed E-state index contributed by atoms with van der Waals surface area (Å²) in [5.41, 5.74) is 2.28. The van der Waals surface area contributed by atoms with E-state index in [1.54, 1.807) is 30.3 Å². The van der Waals surface area contributed by atoms with E-state index in [0.717, 1.165) is 17.4 Å². The average Bonchev–Trinajstić information content (AvgIpc) is 2.61. The molecule has 128 valence electrons. The maximum Gasteiger partial charge on any atom is 0.336 e. The molecule has 0 aliphatic heterocycles. The first-order chi connectivity index (χ1) is 12.0. The first-order valence-corrected chi connectivity index (χ1v) is 8.35. The number of aryl methyl sites for hydroxylation is 2. The summed E-state index contributed by atoms with van der Waals surface area (Å²) in [7, 11) is 0. The minimum Gasteiger partial charge on any atom is -0.485 e. The number of hydrogen-bond acceptors (Lipinski definition) is 4. The van der Waals surface area contributed by atoms with Gasteiger partial charge in [-0.1, -0.05) is 18.5 Å². The predicted molar refractivity (Wildman–Crippen MR) is 97.9 cm³/mol. The van der Waals surface area contributed by atoms with Gasteiger partial charge < -0.3 is 9.15 Å². The Morgan fingerprint density at radius 3 is 2.56 bits per heavy atom. The highest BCUT2D eigenvalue weighted by molar-refractivity contribution is 6.30. The minimum absolute atomic E-state index is 0.105. The standard InChI is InChI=1S/C20H17ClO4/c1-3-13-10-19(23)25-20-12(2)18(9-8-16(13)20)24-11-17(22)14-4-6-15(21)7-5-14/h4-10H,3,11H2,1-2H3. The third-order valence-corrected chi connectivity index (χ3v) is 4.35. The lowest BCUT2D eigenvalue weighted by Crippen LogP contribution is -2.12. The number of carbonyl (C=O) groups is 1. The summed E-state index contributed by atoms with van der Waals surface area (Å²) in [5, 5.41) is 1.46. The second kappa shape index (κ2) is 7.11. The van der Waals surface area contributed by atoms with Gasteiger partial charge in [-0.25, -0.2) is 4.79 Å². The van der Waals surface area contributed by atoms with E-state index in [4.69, 9.17) is 20.8 Å². The van der Waals surface area contributed by atoms with Crippen molar-refractivity contribution in [2.24, 2.45) is 0 Å². The zero-order valence-electron chi connectivity index (χ0n) is 14.0.